The lowest BCUT2D eigenvalue weighted by Crippen LogP contribution is -2.53. The summed E-state index contributed by atoms with van der Waals surface area (Å²) in [6.07, 6.45) is 1.21. The van der Waals surface area contributed by atoms with Gasteiger partial charge in [-0.15, -0.1) is 0 Å². The summed E-state index contributed by atoms with van der Waals surface area (Å²) in [6.45, 7) is 13.7. The van der Waals surface area contributed by atoms with Crippen LogP contribution in [0.2, 0.25) is 32.2 Å². The fourth-order valence-corrected chi connectivity index (χ4v) is 10.9. The predicted octanol–water partition coefficient (Wildman–Crippen LogP) is 4.04. The third-order valence-electron chi connectivity index (χ3n) is 2.89. The summed E-state index contributed by atoms with van der Waals surface area (Å²) in [5.41, 5.74) is 1.34. The molecule has 0 aliphatic rings. The van der Waals surface area contributed by atoms with Crippen LogP contribution >= 0.6 is 0 Å². The average Bonchev–Trinajstić information content (AvgIpc) is 2.15. The molecule has 0 aliphatic heterocycles. The Morgan fingerprint density at radius 1 is 1.12 bits per heavy atom. The minimum atomic E-state index is -1.73. The van der Waals surface area contributed by atoms with Gasteiger partial charge in [-0.2, -0.15) is 0 Å². The lowest BCUT2D eigenvalue weighted by molar-refractivity contribution is 0.553. The molecule has 0 aromatic heterocycles. The van der Waals surface area contributed by atoms with Crippen LogP contribution in [0.5, 0.6) is 0 Å². The highest BCUT2D eigenvalue weighted by atomic mass is 28.4. The molecule has 1 atom stereocenters. The van der Waals surface area contributed by atoms with E-state index in [1.54, 1.807) is 0 Å². The number of aryl methyl sites for hydroxylation is 1. The Bertz CT molecular complexity index is 371. The molecule has 0 N–H and O–H groups in total. The highest BCUT2D eigenvalue weighted by Crippen LogP contribution is 2.20. The number of benzene rings is 1. The summed E-state index contributed by atoms with van der Waals surface area (Å²) in [5, 5.41) is 1.46. The maximum Gasteiger partial charge on any atom is 0.209 e. The smallest absolute Gasteiger partial charge is 0.209 e. The van der Waals surface area contributed by atoms with Crippen molar-refractivity contribution in [2.75, 3.05) is 0 Å². The summed E-state index contributed by atoms with van der Waals surface area (Å²) in [5.74, 6) is 0. The Morgan fingerprint density at radius 3 is 2.24 bits per heavy atom. The van der Waals surface area contributed by atoms with Gasteiger partial charge in [-0.25, -0.2) is 0 Å². The molecule has 0 spiro atoms. The summed E-state index contributed by atoms with van der Waals surface area (Å²) < 4.78 is 6.58. The summed E-state index contributed by atoms with van der Waals surface area (Å²) >= 11 is 0. The zero-order chi connectivity index (χ0) is 13.1. The van der Waals surface area contributed by atoms with E-state index in [1.165, 1.54) is 23.2 Å². The van der Waals surface area contributed by atoms with Gasteiger partial charge in [0.15, 0.2) is 8.32 Å². The van der Waals surface area contributed by atoms with E-state index in [0.29, 0.717) is 0 Å². The Balaban J connectivity index is 3.06. The standard InChI is InChI=1S/C14H26OSi2/c1-7-11-17(6,15-16(3,4)5)14-10-8-9-13(2)12-14/h8-10,12H,7,11H2,1-6H3. The van der Waals surface area contributed by atoms with Crippen molar-refractivity contribution >= 4 is 21.8 Å². The highest BCUT2D eigenvalue weighted by Gasteiger charge is 2.35. The van der Waals surface area contributed by atoms with Crippen LogP contribution in [-0.2, 0) is 4.12 Å². The zero-order valence-corrected chi connectivity index (χ0v) is 14.1. The third kappa shape index (κ3) is 4.41. The Labute approximate surface area is 108 Å². The van der Waals surface area contributed by atoms with Gasteiger partial charge in [-0.05, 0) is 44.3 Å². The van der Waals surface area contributed by atoms with E-state index in [1.807, 2.05) is 0 Å². The van der Waals surface area contributed by atoms with Gasteiger partial charge in [-0.3, -0.25) is 0 Å². The van der Waals surface area contributed by atoms with E-state index in [-0.39, 0.29) is 0 Å². The zero-order valence-electron chi connectivity index (χ0n) is 12.1. The van der Waals surface area contributed by atoms with E-state index in [4.69, 9.17) is 4.12 Å². The molecule has 0 saturated heterocycles. The van der Waals surface area contributed by atoms with Crippen LogP contribution in [0.1, 0.15) is 18.9 Å². The molecule has 0 bridgehead atoms. The van der Waals surface area contributed by atoms with Gasteiger partial charge in [0.05, 0.1) is 0 Å². The van der Waals surface area contributed by atoms with Gasteiger partial charge in [0.2, 0.25) is 8.32 Å². The molecule has 1 aromatic carbocycles. The van der Waals surface area contributed by atoms with Gasteiger partial charge in [0.25, 0.3) is 0 Å². The molecule has 1 rings (SSSR count). The number of hydrogen-bond acceptors (Lipinski definition) is 1. The van der Waals surface area contributed by atoms with E-state index in [9.17, 15) is 0 Å². The minimum absolute atomic E-state index is 1.21. The molecular weight excluding hydrogens is 240 g/mol. The first kappa shape index (κ1) is 14.7. The van der Waals surface area contributed by atoms with Crippen molar-refractivity contribution in [3.8, 4) is 0 Å². The van der Waals surface area contributed by atoms with E-state index >= 15 is 0 Å². The summed E-state index contributed by atoms with van der Waals surface area (Å²) in [4.78, 5) is 0. The van der Waals surface area contributed by atoms with Crippen molar-refractivity contribution in [2.45, 2.75) is 52.5 Å². The van der Waals surface area contributed by atoms with Crippen LogP contribution in [-0.4, -0.2) is 16.6 Å². The molecule has 17 heavy (non-hydrogen) atoms. The Kier molecular flexibility index (Phi) is 4.75. The quantitative estimate of drug-likeness (QED) is 0.731. The van der Waals surface area contributed by atoms with Gasteiger partial charge in [0, 0.05) is 0 Å². The monoisotopic (exact) mass is 266 g/mol. The van der Waals surface area contributed by atoms with Crippen molar-refractivity contribution in [3.05, 3.63) is 29.8 Å². The van der Waals surface area contributed by atoms with Crippen molar-refractivity contribution in [1.82, 2.24) is 0 Å². The topological polar surface area (TPSA) is 9.23 Å². The summed E-state index contributed by atoms with van der Waals surface area (Å²) in [7, 11) is -3.20. The number of hydrogen-bond donors (Lipinski definition) is 0. The van der Waals surface area contributed by atoms with Crippen molar-refractivity contribution < 1.29 is 4.12 Å². The minimum Gasteiger partial charge on any atom is -0.452 e. The molecule has 0 fully saturated rings. The maximum atomic E-state index is 6.58. The molecule has 0 heterocycles. The molecule has 96 valence electrons. The average molecular weight is 267 g/mol. The largest absolute Gasteiger partial charge is 0.452 e. The second kappa shape index (κ2) is 5.50. The van der Waals surface area contributed by atoms with E-state index < -0.39 is 16.6 Å². The molecule has 0 aliphatic carbocycles. The molecule has 1 aromatic rings. The molecule has 1 unspecified atom stereocenters. The molecule has 3 heteroatoms. The van der Waals surface area contributed by atoms with Gasteiger partial charge >= 0.3 is 0 Å². The molecule has 0 saturated carbocycles. The lowest BCUT2D eigenvalue weighted by atomic mass is 10.2. The van der Waals surface area contributed by atoms with Crippen molar-refractivity contribution in [1.29, 1.82) is 0 Å². The van der Waals surface area contributed by atoms with Crippen LogP contribution in [0.15, 0.2) is 24.3 Å². The van der Waals surface area contributed by atoms with Crippen LogP contribution in [0.4, 0.5) is 0 Å². The SMILES string of the molecule is CCC[Si](C)(O[Si](C)(C)C)c1cccc(C)c1. The van der Waals surface area contributed by atoms with E-state index in [2.05, 4.69) is 64.3 Å². The van der Waals surface area contributed by atoms with Crippen LogP contribution in [0.3, 0.4) is 0 Å². The second-order valence-electron chi connectivity index (χ2n) is 6.06. The summed E-state index contributed by atoms with van der Waals surface area (Å²) in [6, 6.07) is 10.1. The highest BCUT2D eigenvalue weighted by molar-refractivity contribution is 6.92. The first-order chi connectivity index (χ1) is 7.77. The molecule has 0 radical (unpaired) electrons. The predicted molar refractivity (Wildman–Crippen MR) is 82.0 cm³/mol. The Hall–Kier alpha value is -0.386. The van der Waals surface area contributed by atoms with Crippen LogP contribution < -0.4 is 5.19 Å². The van der Waals surface area contributed by atoms with Crippen molar-refractivity contribution in [3.63, 3.8) is 0 Å². The fourth-order valence-electron chi connectivity index (χ4n) is 2.38. The van der Waals surface area contributed by atoms with Gasteiger partial charge in [-0.1, -0.05) is 43.2 Å². The Morgan fingerprint density at radius 2 is 1.76 bits per heavy atom. The van der Waals surface area contributed by atoms with Crippen LogP contribution in [0, 0.1) is 6.92 Å². The van der Waals surface area contributed by atoms with Crippen LogP contribution in [0.25, 0.3) is 0 Å². The second-order valence-corrected chi connectivity index (χ2v) is 14.6. The first-order valence-electron chi connectivity index (χ1n) is 6.54. The first-order valence-corrected chi connectivity index (χ1v) is 12.6. The van der Waals surface area contributed by atoms with Crippen molar-refractivity contribution in [2.24, 2.45) is 0 Å². The molecular formula is C14H26OSi2. The fraction of sp³-hybridized carbons (Fsp3) is 0.571. The number of rotatable bonds is 5. The normalized spacial score (nSPS) is 15.6. The molecule has 1 nitrogen and oxygen atoms in total. The molecule has 0 amide bonds. The lowest BCUT2D eigenvalue weighted by Gasteiger charge is -2.35. The third-order valence-corrected chi connectivity index (χ3v) is 10.1. The van der Waals surface area contributed by atoms with E-state index in [0.717, 1.165) is 0 Å². The maximum absolute atomic E-state index is 6.58. The van der Waals surface area contributed by atoms with Gasteiger partial charge < -0.3 is 4.12 Å². The van der Waals surface area contributed by atoms with Gasteiger partial charge in [0.1, 0.15) is 0 Å².